The largest absolute Gasteiger partial charge is 0.495 e. The number of hydrogen-bond acceptors (Lipinski definition) is 11. The number of carbonyl (C=O) groups is 4. The highest BCUT2D eigenvalue weighted by Gasteiger charge is 2.28. The summed E-state index contributed by atoms with van der Waals surface area (Å²) in [7, 11) is 1.54. The molecule has 0 aliphatic rings. The lowest BCUT2D eigenvalue weighted by molar-refractivity contribution is -0.113. The van der Waals surface area contributed by atoms with Crippen molar-refractivity contribution in [2.45, 2.75) is 39.4 Å². The van der Waals surface area contributed by atoms with E-state index in [4.69, 9.17) is 14.2 Å². The Kier molecular flexibility index (Phi) is 11.3. The van der Waals surface area contributed by atoms with Gasteiger partial charge in [-0.25, -0.2) is 9.59 Å². The standard InChI is InChI=1S/C31H33N5O7S2/c1-6-42-29(39)25-19(4)26(30(40)43-7-2)45-28(25)33-24(37)17-44-31-35-34-23(36(31)21-13-8-9-14-22(21)41-5)16-32-27(38)20-12-10-11-18(3)15-20/h8-15H,6-7,16-17H2,1-5H3,(H,32,38)(H,33,37). The molecule has 14 heteroatoms. The Morgan fingerprint density at radius 2 is 1.69 bits per heavy atom. The summed E-state index contributed by atoms with van der Waals surface area (Å²) < 4.78 is 17.6. The van der Waals surface area contributed by atoms with Crippen LogP contribution < -0.4 is 15.4 Å². The fourth-order valence-corrected chi connectivity index (χ4v) is 6.22. The van der Waals surface area contributed by atoms with Gasteiger partial charge in [0, 0.05) is 5.56 Å². The molecule has 2 amide bonds. The Morgan fingerprint density at radius 3 is 2.40 bits per heavy atom. The number of methoxy groups -OCH3 is 1. The molecule has 0 radical (unpaired) electrons. The second kappa shape index (κ2) is 15.3. The predicted molar refractivity (Wildman–Crippen MR) is 171 cm³/mol. The van der Waals surface area contributed by atoms with Crippen LogP contribution in [0.2, 0.25) is 0 Å². The zero-order valence-corrected chi connectivity index (χ0v) is 27.1. The van der Waals surface area contributed by atoms with Gasteiger partial charge in [0.15, 0.2) is 11.0 Å². The molecule has 2 N–H and O–H groups in total. The first kappa shape index (κ1) is 33.2. The molecule has 12 nitrogen and oxygen atoms in total. The molecular formula is C31H33N5O7S2. The Morgan fingerprint density at radius 1 is 0.956 bits per heavy atom. The number of aromatic nitrogens is 3. The number of hydrogen-bond donors (Lipinski definition) is 2. The molecule has 0 bridgehead atoms. The highest BCUT2D eigenvalue weighted by molar-refractivity contribution is 7.99. The van der Waals surface area contributed by atoms with Gasteiger partial charge in [0.1, 0.15) is 15.6 Å². The van der Waals surface area contributed by atoms with Gasteiger partial charge < -0.3 is 24.8 Å². The molecule has 0 saturated heterocycles. The topological polar surface area (TPSA) is 151 Å². The van der Waals surface area contributed by atoms with E-state index < -0.39 is 17.8 Å². The summed E-state index contributed by atoms with van der Waals surface area (Å²) in [4.78, 5) is 51.5. The summed E-state index contributed by atoms with van der Waals surface area (Å²) in [5.74, 6) is -1.13. The van der Waals surface area contributed by atoms with E-state index in [1.807, 2.05) is 37.3 Å². The number of amides is 2. The Hall–Kier alpha value is -4.69. The van der Waals surface area contributed by atoms with Crippen LogP contribution in [0, 0.1) is 13.8 Å². The van der Waals surface area contributed by atoms with Crippen molar-refractivity contribution in [3.05, 3.63) is 81.5 Å². The zero-order valence-electron chi connectivity index (χ0n) is 25.5. The van der Waals surface area contributed by atoms with Crippen LogP contribution in [0.15, 0.2) is 53.7 Å². The fraction of sp³-hybridized carbons (Fsp3) is 0.290. The van der Waals surface area contributed by atoms with Crippen LogP contribution in [0.25, 0.3) is 5.69 Å². The van der Waals surface area contributed by atoms with Gasteiger partial charge in [-0.3, -0.25) is 14.2 Å². The first-order chi connectivity index (χ1) is 21.7. The van der Waals surface area contributed by atoms with Gasteiger partial charge in [-0.05, 0) is 57.5 Å². The van der Waals surface area contributed by atoms with E-state index in [1.54, 1.807) is 43.5 Å². The quantitative estimate of drug-likeness (QED) is 0.150. The number of nitrogens with one attached hydrogen (secondary N) is 2. The average Bonchev–Trinajstić information content (AvgIpc) is 3.58. The molecule has 2 heterocycles. The number of para-hydroxylation sites is 2. The van der Waals surface area contributed by atoms with Crippen LogP contribution in [-0.4, -0.2) is 64.6 Å². The van der Waals surface area contributed by atoms with Gasteiger partial charge in [0.25, 0.3) is 5.91 Å². The van der Waals surface area contributed by atoms with Crippen molar-refractivity contribution < 1.29 is 33.4 Å². The number of esters is 2. The average molecular weight is 652 g/mol. The highest BCUT2D eigenvalue weighted by Crippen LogP contribution is 2.35. The fourth-order valence-electron chi connectivity index (χ4n) is 4.35. The SMILES string of the molecule is CCOC(=O)c1sc(NC(=O)CSc2nnc(CNC(=O)c3cccc(C)c3)n2-c2ccccc2OC)c(C(=O)OCC)c1C. The number of thiophene rings is 1. The van der Waals surface area contributed by atoms with E-state index in [2.05, 4.69) is 20.8 Å². The molecule has 4 aromatic rings. The summed E-state index contributed by atoms with van der Waals surface area (Å²) >= 11 is 2.05. The smallest absolute Gasteiger partial charge is 0.348 e. The molecular weight excluding hydrogens is 619 g/mol. The summed E-state index contributed by atoms with van der Waals surface area (Å²) in [5.41, 5.74) is 2.56. The molecule has 0 aliphatic carbocycles. The molecule has 0 unspecified atom stereocenters. The zero-order chi connectivity index (χ0) is 32.5. The number of thioether (sulfide) groups is 1. The Labute approximate surface area is 268 Å². The lowest BCUT2D eigenvalue weighted by atomic mass is 10.1. The lowest BCUT2D eigenvalue weighted by Crippen LogP contribution is -2.24. The number of nitrogens with zero attached hydrogens (tertiary/aromatic N) is 3. The normalized spacial score (nSPS) is 10.7. The Bertz CT molecular complexity index is 1720. The highest BCUT2D eigenvalue weighted by atomic mass is 32.2. The maximum absolute atomic E-state index is 13.2. The summed E-state index contributed by atoms with van der Waals surface area (Å²) in [6, 6.07) is 14.5. The van der Waals surface area contributed by atoms with Gasteiger partial charge in [0.05, 0.1) is 43.9 Å². The second-order valence-corrected chi connectivity index (χ2v) is 11.5. The van der Waals surface area contributed by atoms with Gasteiger partial charge in [-0.2, -0.15) is 0 Å². The number of ether oxygens (including phenoxy) is 3. The minimum absolute atomic E-state index is 0.0542. The van der Waals surface area contributed by atoms with Crippen LogP contribution in [0.1, 0.15) is 61.2 Å². The van der Waals surface area contributed by atoms with Crippen LogP contribution in [-0.2, 0) is 20.8 Å². The third-order valence-electron chi connectivity index (χ3n) is 6.39. The molecule has 236 valence electrons. The van der Waals surface area contributed by atoms with E-state index >= 15 is 0 Å². The van der Waals surface area contributed by atoms with Gasteiger partial charge in [-0.1, -0.05) is 41.6 Å². The first-order valence-electron chi connectivity index (χ1n) is 14.0. The van der Waals surface area contributed by atoms with E-state index in [1.165, 1.54) is 7.11 Å². The third-order valence-corrected chi connectivity index (χ3v) is 8.50. The van der Waals surface area contributed by atoms with E-state index in [0.717, 1.165) is 28.7 Å². The number of anilines is 1. The minimum atomic E-state index is -0.655. The van der Waals surface area contributed by atoms with Gasteiger partial charge in [-0.15, -0.1) is 21.5 Å². The molecule has 4 rings (SSSR count). The van der Waals surface area contributed by atoms with Crippen molar-refractivity contribution in [2.24, 2.45) is 0 Å². The first-order valence-corrected chi connectivity index (χ1v) is 15.8. The molecule has 2 aromatic heterocycles. The van der Waals surface area contributed by atoms with Crippen molar-refractivity contribution in [1.29, 1.82) is 0 Å². The van der Waals surface area contributed by atoms with Crippen molar-refractivity contribution >= 4 is 51.9 Å². The van der Waals surface area contributed by atoms with Crippen molar-refractivity contribution in [3.63, 3.8) is 0 Å². The van der Waals surface area contributed by atoms with Crippen molar-refractivity contribution in [1.82, 2.24) is 20.1 Å². The minimum Gasteiger partial charge on any atom is -0.495 e. The molecule has 2 aromatic carbocycles. The number of carbonyl (C=O) groups excluding carboxylic acids is 4. The monoisotopic (exact) mass is 651 g/mol. The lowest BCUT2D eigenvalue weighted by Gasteiger charge is -2.14. The van der Waals surface area contributed by atoms with Crippen molar-refractivity contribution in [2.75, 3.05) is 31.4 Å². The van der Waals surface area contributed by atoms with Crippen LogP contribution in [0.3, 0.4) is 0 Å². The van der Waals surface area contributed by atoms with E-state index in [9.17, 15) is 19.2 Å². The molecule has 0 fully saturated rings. The molecule has 0 aliphatic heterocycles. The maximum Gasteiger partial charge on any atom is 0.348 e. The number of benzene rings is 2. The molecule has 0 spiro atoms. The van der Waals surface area contributed by atoms with E-state index in [-0.39, 0.29) is 46.9 Å². The molecule has 0 saturated carbocycles. The number of rotatable bonds is 13. The molecule has 0 atom stereocenters. The summed E-state index contributed by atoms with van der Waals surface area (Å²) in [6.45, 7) is 7.20. The summed E-state index contributed by atoms with van der Waals surface area (Å²) in [6.07, 6.45) is 0. The van der Waals surface area contributed by atoms with Crippen molar-refractivity contribution in [3.8, 4) is 11.4 Å². The van der Waals surface area contributed by atoms with Gasteiger partial charge in [0.2, 0.25) is 5.91 Å². The Balaban J connectivity index is 1.57. The van der Waals surface area contributed by atoms with Crippen LogP contribution in [0.5, 0.6) is 5.75 Å². The molecule has 45 heavy (non-hydrogen) atoms. The number of aryl methyl sites for hydroxylation is 1. The van der Waals surface area contributed by atoms with Crippen LogP contribution in [0.4, 0.5) is 5.00 Å². The van der Waals surface area contributed by atoms with E-state index in [0.29, 0.717) is 33.5 Å². The predicted octanol–water partition coefficient (Wildman–Crippen LogP) is 4.97. The third kappa shape index (κ3) is 7.88. The second-order valence-electron chi connectivity index (χ2n) is 9.50. The van der Waals surface area contributed by atoms with Crippen LogP contribution >= 0.6 is 23.1 Å². The van der Waals surface area contributed by atoms with Gasteiger partial charge >= 0.3 is 11.9 Å². The maximum atomic E-state index is 13.2. The summed E-state index contributed by atoms with van der Waals surface area (Å²) in [5, 5.41) is 14.8.